The normalized spacial score (nSPS) is 12.0. The molecule has 0 N–H and O–H groups in total. The van der Waals surface area contributed by atoms with Crippen LogP contribution in [0.25, 0.3) is 0 Å². The van der Waals surface area contributed by atoms with E-state index in [4.69, 9.17) is 21.1 Å². The number of hydrogen-bond donors (Lipinski definition) is 0. The Hall–Kier alpha value is -1.19. The van der Waals surface area contributed by atoms with Crippen LogP contribution < -0.4 is 9.47 Å². The van der Waals surface area contributed by atoms with Gasteiger partial charge in [-0.05, 0) is 42.3 Å². The molecule has 1 unspecified atom stereocenters. The molecule has 2 rings (SSSR count). The van der Waals surface area contributed by atoms with Crippen molar-refractivity contribution in [3.8, 4) is 11.5 Å². The molecule has 106 valence electrons. The Bertz CT molecular complexity index is 586. The van der Waals surface area contributed by atoms with Crippen molar-refractivity contribution in [2.45, 2.75) is 11.8 Å². The van der Waals surface area contributed by atoms with Crippen LogP contribution in [0, 0.1) is 0 Å². The highest BCUT2D eigenvalue weighted by Crippen LogP contribution is 2.35. The van der Waals surface area contributed by atoms with Gasteiger partial charge in [0.1, 0.15) is 11.5 Å². The van der Waals surface area contributed by atoms with Gasteiger partial charge in [0, 0.05) is 10.0 Å². The van der Waals surface area contributed by atoms with Crippen molar-refractivity contribution in [1.82, 2.24) is 0 Å². The maximum absolute atomic E-state index is 6.56. The summed E-state index contributed by atoms with van der Waals surface area (Å²) in [5, 5.41) is -0.172. The number of alkyl halides is 1. The first-order valence-electron chi connectivity index (χ1n) is 6.24. The molecule has 0 fully saturated rings. The molecule has 0 heterocycles. The average Bonchev–Trinajstić information content (AvgIpc) is 2.46. The van der Waals surface area contributed by atoms with Crippen molar-refractivity contribution >= 4 is 27.5 Å². The summed E-state index contributed by atoms with van der Waals surface area (Å²) in [7, 11) is 3.29. The van der Waals surface area contributed by atoms with Crippen molar-refractivity contribution in [3.63, 3.8) is 0 Å². The molecule has 0 aromatic heterocycles. The molecule has 2 nitrogen and oxygen atoms in total. The summed E-state index contributed by atoms with van der Waals surface area (Å²) in [6.07, 6.45) is 0.727. The fourth-order valence-corrected chi connectivity index (χ4v) is 2.86. The summed E-state index contributed by atoms with van der Waals surface area (Å²) in [5.41, 5.74) is 2.11. The predicted octanol–water partition coefficient (Wildman–Crippen LogP) is 4.99. The lowest BCUT2D eigenvalue weighted by Gasteiger charge is -2.15. The summed E-state index contributed by atoms with van der Waals surface area (Å²) in [6, 6.07) is 13.8. The van der Waals surface area contributed by atoms with Crippen LogP contribution >= 0.6 is 27.5 Å². The SMILES string of the molecule is COc1ccc(OC)c(C(Cl)Cc2cccc(Br)c2)c1. The summed E-state index contributed by atoms with van der Waals surface area (Å²) < 4.78 is 11.7. The first-order valence-corrected chi connectivity index (χ1v) is 7.47. The first-order chi connectivity index (χ1) is 9.63. The van der Waals surface area contributed by atoms with E-state index in [0.717, 1.165) is 28.0 Å². The molecule has 0 saturated carbocycles. The van der Waals surface area contributed by atoms with E-state index >= 15 is 0 Å². The van der Waals surface area contributed by atoms with Crippen LogP contribution in [0.5, 0.6) is 11.5 Å². The zero-order chi connectivity index (χ0) is 14.5. The third-order valence-corrected chi connectivity index (χ3v) is 3.96. The summed E-state index contributed by atoms with van der Waals surface area (Å²) >= 11 is 10.0. The van der Waals surface area contributed by atoms with Gasteiger partial charge in [0.15, 0.2) is 0 Å². The van der Waals surface area contributed by atoms with Gasteiger partial charge in [0.05, 0.1) is 19.6 Å². The Balaban J connectivity index is 2.25. The minimum atomic E-state index is -0.172. The lowest BCUT2D eigenvalue weighted by molar-refractivity contribution is 0.398. The van der Waals surface area contributed by atoms with Gasteiger partial charge in [-0.3, -0.25) is 0 Å². The number of halogens is 2. The number of ether oxygens (including phenoxy) is 2. The molecule has 0 saturated heterocycles. The number of benzene rings is 2. The predicted molar refractivity (Wildman–Crippen MR) is 86.0 cm³/mol. The first kappa shape index (κ1) is 15.2. The van der Waals surface area contributed by atoms with E-state index in [1.165, 1.54) is 5.56 Å². The summed E-state index contributed by atoms with van der Waals surface area (Å²) in [4.78, 5) is 0. The lowest BCUT2D eigenvalue weighted by Crippen LogP contribution is -2.00. The van der Waals surface area contributed by atoms with Gasteiger partial charge in [-0.2, -0.15) is 0 Å². The fourth-order valence-electron chi connectivity index (χ4n) is 2.07. The smallest absolute Gasteiger partial charge is 0.123 e. The van der Waals surface area contributed by atoms with Crippen LogP contribution in [0.1, 0.15) is 16.5 Å². The van der Waals surface area contributed by atoms with Crippen LogP contribution in [0.15, 0.2) is 46.9 Å². The molecule has 0 bridgehead atoms. The van der Waals surface area contributed by atoms with Crippen LogP contribution in [-0.2, 0) is 6.42 Å². The minimum absolute atomic E-state index is 0.172. The highest BCUT2D eigenvalue weighted by molar-refractivity contribution is 9.10. The summed E-state index contributed by atoms with van der Waals surface area (Å²) in [6.45, 7) is 0. The molecule has 2 aromatic carbocycles. The van der Waals surface area contributed by atoms with Gasteiger partial charge in [-0.1, -0.05) is 28.1 Å². The second-order valence-corrected chi connectivity index (χ2v) is 5.85. The fraction of sp³-hybridized carbons (Fsp3) is 0.250. The molecule has 0 radical (unpaired) electrons. The quantitative estimate of drug-likeness (QED) is 0.704. The standard InChI is InChI=1S/C16H16BrClO2/c1-19-13-6-7-16(20-2)14(10-13)15(18)9-11-4-3-5-12(17)8-11/h3-8,10,15H,9H2,1-2H3. The second kappa shape index (κ2) is 7.00. The average molecular weight is 356 g/mol. The van der Waals surface area contributed by atoms with Crippen LogP contribution in [-0.4, -0.2) is 14.2 Å². The Kier molecular flexibility index (Phi) is 5.32. The van der Waals surface area contributed by atoms with Gasteiger partial charge in [0.2, 0.25) is 0 Å². The molecule has 0 amide bonds. The van der Waals surface area contributed by atoms with Gasteiger partial charge < -0.3 is 9.47 Å². The molecule has 0 spiro atoms. The monoisotopic (exact) mass is 354 g/mol. The molecule has 0 aliphatic rings. The highest BCUT2D eigenvalue weighted by atomic mass is 79.9. The molecular weight excluding hydrogens is 340 g/mol. The van der Waals surface area contributed by atoms with Crippen molar-refractivity contribution in [2.75, 3.05) is 14.2 Å². The Morgan fingerprint density at radius 3 is 2.55 bits per heavy atom. The number of rotatable bonds is 5. The maximum atomic E-state index is 6.56. The van der Waals surface area contributed by atoms with E-state index in [0.29, 0.717) is 0 Å². The topological polar surface area (TPSA) is 18.5 Å². The van der Waals surface area contributed by atoms with Crippen molar-refractivity contribution < 1.29 is 9.47 Å². The number of methoxy groups -OCH3 is 2. The van der Waals surface area contributed by atoms with Gasteiger partial charge in [-0.25, -0.2) is 0 Å². The Morgan fingerprint density at radius 2 is 1.90 bits per heavy atom. The van der Waals surface area contributed by atoms with E-state index in [1.807, 2.05) is 30.3 Å². The van der Waals surface area contributed by atoms with Crippen LogP contribution in [0.4, 0.5) is 0 Å². The van der Waals surface area contributed by atoms with Crippen LogP contribution in [0.3, 0.4) is 0 Å². The molecule has 4 heteroatoms. The number of hydrogen-bond acceptors (Lipinski definition) is 2. The minimum Gasteiger partial charge on any atom is -0.497 e. The largest absolute Gasteiger partial charge is 0.497 e. The van der Waals surface area contributed by atoms with Crippen molar-refractivity contribution in [2.24, 2.45) is 0 Å². The Labute approximate surface area is 132 Å². The highest BCUT2D eigenvalue weighted by Gasteiger charge is 2.15. The van der Waals surface area contributed by atoms with Crippen molar-refractivity contribution in [3.05, 3.63) is 58.1 Å². The third-order valence-electron chi connectivity index (χ3n) is 3.08. The van der Waals surface area contributed by atoms with E-state index < -0.39 is 0 Å². The molecule has 20 heavy (non-hydrogen) atoms. The molecular formula is C16H16BrClO2. The lowest BCUT2D eigenvalue weighted by atomic mass is 10.0. The van der Waals surface area contributed by atoms with E-state index in [2.05, 4.69) is 28.1 Å². The molecule has 2 aromatic rings. The molecule has 0 aliphatic carbocycles. The van der Waals surface area contributed by atoms with Gasteiger partial charge in [-0.15, -0.1) is 11.6 Å². The van der Waals surface area contributed by atoms with E-state index in [1.54, 1.807) is 14.2 Å². The molecule has 0 aliphatic heterocycles. The third kappa shape index (κ3) is 3.68. The molecule has 1 atom stereocenters. The summed E-state index contributed by atoms with van der Waals surface area (Å²) in [5.74, 6) is 1.56. The maximum Gasteiger partial charge on any atom is 0.123 e. The van der Waals surface area contributed by atoms with Gasteiger partial charge in [0.25, 0.3) is 0 Å². The van der Waals surface area contributed by atoms with Crippen molar-refractivity contribution in [1.29, 1.82) is 0 Å². The van der Waals surface area contributed by atoms with Crippen LogP contribution in [0.2, 0.25) is 0 Å². The van der Waals surface area contributed by atoms with E-state index in [-0.39, 0.29) is 5.38 Å². The Morgan fingerprint density at radius 1 is 1.10 bits per heavy atom. The zero-order valence-electron chi connectivity index (χ0n) is 11.4. The zero-order valence-corrected chi connectivity index (χ0v) is 13.7. The second-order valence-electron chi connectivity index (χ2n) is 4.41. The van der Waals surface area contributed by atoms with E-state index in [9.17, 15) is 0 Å². The van der Waals surface area contributed by atoms with Gasteiger partial charge >= 0.3 is 0 Å².